The Morgan fingerprint density at radius 3 is 2.82 bits per heavy atom. The molecule has 0 saturated heterocycles. The molecule has 1 unspecified atom stereocenters. The molecule has 0 aliphatic rings. The molecule has 0 amide bonds. The van der Waals surface area contributed by atoms with Crippen molar-refractivity contribution < 1.29 is 0 Å². The van der Waals surface area contributed by atoms with E-state index in [2.05, 4.69) is 56.1 Å². The van der Waals surface area contributed by atoms with Crippen LogP contribution in [-0.4, -0.2) is 6.54 Å². The molecule has 1 aromatic rings. The molecular weight excluding hydrogens is 362 g/mol. The normalized spacial score (nSPS) is 12.4. The number of halogens is 2. The van der Waals surface area contributed by atoms with Crippen LogP contribution >= 0.6 is 43.2 Å². The minimum atomic E-state index is 0.403. The van der Waals surface area contributed by atoms with Crippen LogP contribution in [0.5, 0.6) is 0 Å². The molecule has 0 aliphatic carbocycles. The van der Waals surface area contributed by atoms with Gasteiger partial charge in [0, 0.05) is 12.5 Å². The molecule has 0 radical (unpaired) electrons. The fourth-order valence-corrected chi connectivity index (χ4v) is 4.66. The van der Waals surface area contributed by atoms with Gasteiger partial charge in [-0.15, -0.1) is 23.7 Å². The van der Waals surface area contributed by atoms with E-state index < -0.39 is 0 Å². The lowest BCUT2D eigenvalue weighted by molar-refractivity contribution is 0.487. The number of rotatable bonds is 7. The van der Waals surface area contributed by atoms with E-state index in [1.54, 1.807) is 11.3 Å². The second-order valence-electron chi connectivity index (χ2n) is 3.88. The van der Waals surface area contributed by atoms with E-state index in [1.165, 1.54) is 13.1 Å². The summed E-state index contributed by atoms with van der Waals surface area (Å²) in [5, 5.41) is 3.59. The van der Waals surface area contributed by atoms with E-state index in [9.17, 15) is 0 Å². The Morgan fingerprint density at radius 1 is 1.53 bits per heavy atom. The van der Waals surface area contributed by atoms with Crippen LogP contribution in [-0.2, 0) is 0 Å². The van der Waals surface area contributed by atoms with Crippen molar-refractivity contribution in [3.63, 3.8) is 0 Å². The van der Waals surface area contributed by atoms with Crippen LogP contribution in [0.3, 0.4) is 0 Å². The molecule has 0 bridgehead atoms. The highest BCUT2D eigenvalue weighted by atomic mass is 79.9. The van der Waals surface area contributed by atoms with Gasteiger partial charge in [0.05, 0.1) is 7.57 Å². The summed E-state index contributed by atoms with van der Waals surface area (Å²) in [6.07, 6.45) is 9.46. The Hall–Kier alpha value is 0.180. The molecule has 0 aliphatic heterocycles. The van der Waals surface area contributed by atoms with Gasteiger partial charge in [-0.3, -0.25) is 0 Å². The molecule has 0 aromatic carbocycles. The van der Waals surface area contributed by atoms with Crippen molar-refractivity contribution in [1.82, 2.24) is 5.32 Å². The topological polar surface area (TPSA) is 12.0 Å². The number of terminal acetylenes is 1. The van der Waals surface area contributed by atoms with Crippen molar-refractivity contribution in [1.29, 1.82) is 0 Å². The molecular formula is C13H17Br2NS. The summed E-state index contributed by atoms with van der Waals surface area (Å²) in [6.45, 7) is 3.23. The predicted molar refractivity (Wildman–Crippen MR) is 83.4 cm³/mol. The van der Waals surface area contributed by atoms with Crippen molar-refractivity contribution in [2.45, 2.75) is 38.6 Å². The summed E-state index contributed by atoms with van der Waals surface area (Å²) in [4.78, 5) is 0. The number of unbranched alkanes of at least 4 members (excludes halogenated alkanes) is 1. The standard InChI is InChI=1S/C13H17Br2NS/c1-3-5-6-7-11(16-8-4-2)10-9-12(14)17-13(10)15/h1,9,11,16H,4-8H2,2H3. The summed E-state index contributed by atoms with van der Waals surface area (Å²) in [6, 6.07) is 2.60. The molecule has 0 spiro atoms. The van der Waals surface area contributed by atoms with Gasteiger partial charge in [0.2, 0.25) is 0 Å². The number of thiophene rings is 1. The first-order valence-electron chi connectivity index (χ1n) is 5.80. The maximum Gasteiger partial charge on any atom is 0.0758 e. The Kier molecular flexibility index (Phi) is 7.45. The average molecular weight is 379 g/mol. The molecule has 1 heterocycles. The molecule has 0 fully saturated rings. The van der Waals surface area contributed by atoms with Gasteiger partial charge in [-0.05, 0) is 69.3 Å². The number of hydrogen-bond acceptors (Lipinski definition) is 2. The first-order chi connectivity index (χ1) is 8.19. The van der Waals surface area contributed by atoms with Gasteiger partial charge in [-0.25, -0.2) is 0 Å². The van der Waals surface area contributed by atoms with Crippen molar-refractivity contribution >= 4 is 43.2 Å². The second kappa shape index (κ2) is 8.31. The van der Waals surface area contributed by atoms with Gasteiger partial charge in [0.25, 0.3) is 0 Å². The van der Waals surface area contributed by atoms with Crippen LogP contribution in [0, 0.1) is 12.3 Å². The molecule has 17 heavy (non-hydrogen) atoms. The lowest BCUT2D eigenvalue weighted by Crippen LogP contribution is -2.22. The fourth-order valence-electron chi connectivity index (χ4n) is 1.68. The largest absolute Gasteiger partial charge is 0.310 e. The quantitative estimate of drug-likeness (QED) is 0.513. The maximum atomic E-state index is 5.30. The van der Waals surface area contributed by atoms with Crippen LogP contribution in [0.1, 0.15) is 44.2 Å². The highest BCUT2D eigenvalue weighted by Gasteiger charge is 2.16. The Morgan fingerprint density at radius 2 is 2.29 bits per heavy atom. The van der Waals surface area contributed by atoms with E-state index in [4.69, 9.17) is 6.42 Å². The zero-order valence-electron chi connectivity index (χ0n) is 9.93. The van der Waals surface area contributed by atoms with Crippen LogP contribution < -0.4 is 5.32 Å². The molecule has 0 saturated carbocycles. The Balaban J connectivity index is 2.68. The molecule has 1 N–H and O–H groups in total. The smallest absolute Gasteiger partial charge is 0.0758 e. The van der Waals surface area contributed by atoms with Gasteiger partial charge in [0.1, 0.15) is 0 Å². The monoisotopic (exact) mass is 377 g/mol. The highest BCUT2D eigenvalue weighted by Crippen LogP contribution is 2.37. The lowest BCUT2D eigenvalue weighted by Gasteiger charge is -2.17. The van der Waals surface area contributed by atoms with Gasteiger partial charge in [-0.1, -0.05) is 6.92 Å². The van der Waals surface area contributed by atoms with Gasteiger partial charge in [-0.2, -0.15) is 0 Å². The molecule has 1 aromatic heterocycles. The molecule has 1 nitrogen and oxygen atoms in total. The molecule has 94 valence electrons. The highest BCUT2D eigenvalue weighted by molar-refractivity contribution is 9.12. The summed E-state index contributed by atoms with van der Waals surface area (Å²) >= 11 is 8.88. The SMILES string of the molecule is C#CCCCC(NCCC)c1cc(Br)sc1Br. The van der Waals surface area contributed by atoms with Crippen LogP contribution in [0.2, 0.25) is 0 Å². The third kappa shape index (κ3) is 5.13. The predicted octanol–water partition coefficient (Wildman–Crippen LogP) is 5.12. The Labute approximate surface area is 125 Å². The average Bonchev–Trinajstić information content (AvgIpc) is 2.63. The summed E-state index contributed by atoms with van der Waals surface area (Å²) < 4.78 is 2.37. The summed E-state index contributed by atoms with van der Waals surface area (Å²) in [5.74, 6) is 2.70. The Bertz CT molecular complexity index is 381. The first kappa shape index (κ1) is 15.2. The maximum absolute atomic E-state index is 5.30. The van der Waals surface area contributed by atoms with Crippen molar-refractivity contribution in [2.24, 2.45) is 0 Å². The number of hydrogen-bond donors (Lipinski definition) is 1. The summed E-state index contributed by atoms with van der Waals surface area (Å²) in [5.41, 5.74) is 1.34. The first-order valence-corrected chi connectivity index (χ1v) is 8.20. The van der Waals surface area contributed by atoms with E-state index in [0.717, 1.165) is 32.2 Å². The zero-order chi connectivity index (χ0) is 12.7. The zero-order valence-corrected chi connectivity index (χ0v) is 13.9. The van der Waals surface area contributed by atoms with E-state index in [0.29, 0.717) is 6.04 Å². The van der Waals surface area contributed by atoms with Crippen LogP contribution in [0.4, 0.5) is 0 Å². The van der Waals surface area contributed by atoms with Crippen LogP contribution in [0.15, 0.2) is 13.6 Å². The number of nitrogens with one attached hydrogen (secondary N) is 1. The van der Waals surface area contributed by atoms with Gasteiger partial charge < -0.3 is 5.32 Å². The lowest BCUT2D eigenvalue weighted by atomic mass is 10.0. The molecule has 4 heteroatoms. The van der Waals surface area contributed by atoms with Crippen molar-refractivity contribution in [2.75, 3.05) is 6.54 Å². The van der Waals surface area contributed by atoms with E-state index >= 15 is 0 Å². The van der Waals surface area contributed by atoms with Crippen LogP contribution in [0.25, 0.3) is 0 Å². The third-order valence-electron chi connectivity index (χ3n) is 2.51. The van der Waals surface area contributed by atoms with Crippen molar-refractivity contribution in [3.05, 3.63) is 19.2 Å². The third-order valence-corrected chi connectivity index (χ3v) is 4.90. The minimum Gasteiger partial charge on any atom is -0.310 e. The van der Waals surface area contributed by atoms with Gasteiger partial charge in [0.15, 0.2) is 0 Å². The molecule has 1 rings (SSSR count). The molecule has 1 atom stereocenters. The van der Waals surface area contributed by atoms with Crippen molar-refractivity contribution in [3.8, 4) is 12.3 Å². The minimum absolute atomic E-state index is 0.403. The summed E-state index contributed by atoms with van der Waals surface area (Å²) in [7, 11) is 0. The fraction of sp³-hybridized carbons (Fsp3) is 0.538. The van der Waals surface area contributed by atoms with E-state index in [1.807, 2.05) is 0 Å². The van der Waals surface area contributed by atoms with E-state index in [-0.39, 0.29) is 0 Å². The van der Waals surface area contributed by atoms with Gasteiger partial charge >= 0.3 is 0 Å². The second-order valence-corrected chi connectivity index (χ2v) is 7.63.